The Balaban J connectivity index is 2.52. The average molecular weight is 237 g/mol. The second kappa shape index (κ2) is 6.03. The minimum Gasteiger partial charge on any atom is -0.508 e. The fraction of sp³-hybridized carbons (Fsp3) is 0.571. The van der Waals surface area contributed by atoms with E-state index in [2.05, 4.69) is 26.1 Å². The Hall–Kier alpha value is -1.06. The zero-order chi connectivity index (χ0) is 12.9. The lowest BCUT2D eigenvalue weighted by Crippen LogP contribution is -2.38. The summed E-state index contributed by atoms with van der Waals surface area (Å²) in [6, 6.07) is 7.52. The van der Waals surface area contributed by atoms with Crippen LogP contribution in [0.15, 0.2) is 24.3 Å². The summed E-state index contributed by atoms with van der Waals surface area (Å²) in [6.07, 6.45) is 0. The van der Waals surface area contributed by atoms with E-state index >= 15 is 0 Å². The van der Waals surface area contributed by atoms with Crippen molar-refractivity contribution in [2.24, 2.45) is 0 Å². The maximum absolute atomic E-state index is 9.42. The van der Waals surface area contributed by atoms with E-state index in [9.17, 15) is 5.11 Å². The van der Waals surface area contributed by atoms with Crippen molar-refractivity contribution in [2.75, 3.05) is 13.2 Å². The highest BCUT2D eigenvalue weighted by Gasteiger charge is 2.18. The molecule has 1 atom stereocenters. The molecule has 17 heavy (non-hydrogen) atoms. The maximum Gasteiger partial charge on any atom is 0.115 e. The van der Waals surface area contributed by atoms with Crippen molar-refractivity contribution < 1.29 is 9.84 Å². The van der Waals surface area contributed by atoms with E-state index in [1.807, 2.05) is 19.1 Å². The van der Waals surface area contributed by atoms with Crippen molar-refractivity contribution >= 4 is 0 Å². The van der Waals surface area contributed by atoms with Gasteiger partial charge in [0.2, 0.25) is 0 Å². The van der Waals surface area contributed by atoms with Gasteiger partial charge < -0.3 is 15.2 Å². The van der Waals surface area contributed by atoms with Crippen molar-refractivity contribution in [3.63, 3.8) is 0 Å². The summed E-state index contributed by atoms with van der Waals surface area (Å²) in [5.41, 5.74) is 0.914. The lowest BCUT2D eigenvalue weighted by molar-refractivity contribution is -0.0103. The summed E-state index contributed by atoms with van der Waals surface area (Å²) >= 11 is 0. The van der Waals surface area contributed by atoms with E-state index in [1.54, 1.807) is 12.1 Å². The SMILES string of the molecule is CCOC(C)(C)CNC(C)c1cccc(O)c1. The van der Waals surface area contributed by atoms with Crippen molar-refractivity contribution in [1.82, 2.24) is 5.32 Å². The van der Waals surface area contributed by atoms with Gasteiger partial charge in [-0.1, -0.05) is 12.1 Å². The molecule has 0 fully saturated rings. The number of nitrogens with one attached hydrogen (secondary N) is 1. The molecule has 0 heterocycles. The molecule has 0 bridgehead atoms. The highest BCUT2D eigenvalue weighted by atomic mass is 16.5. The van der Waals surface area contributed by atoms with Crippen LogP contribution in [0.5, 0.6) is 5.75 Å². The molecular weight excluding hydrogens is 214 g/mol. The molecule has 1 unspecified atom stereocenters. The fourth-order valence-electron chi connectivity index (χ4n) is 1.75. The van der Waals surface area contributed by atoms with E-state index in [4.69, 9.17) is 4.74 Å². The van der Waals surface area contributed by atoms with E-state index < -0.39 is 0 Å². The summed E-state index contributed by atoms with van der Waals surface area (Å²) in [7, 11) is 0. The molecule has 0 spiro atoms. The number of aromatic hydroxyl groups is 1. The first-order valence-corrected chi connectivity index (χ1v) is 6.11. The van der Waals surface area contributed by atoms with E-state index in [0.29, 0.717) is 5.75 Å². The van der Waals surface area contributed by atoms with Crippen LogP contribution in [0, 0.1) is 0 Å². The minimum atomic E-state index is -0.167. The van der Waals surface area contributed by atoms with Gasteiger partial charge in [-0.15, -0.1) is 0 Å². The molecule has 0 saturated carbocycles. The monoisotopic (exact) mass is 237 g/mol. The Morgan fingerprint density at radius 2 is 2.12 bits per heavy atom. The van der Waals surface area contributed by atoms with Crippen LogP contribution in [0.25, 0.3) is 0 Å². The molecule has 1 aromatic rings. The number of phenolic OH excluding ortho intramolecular Hbond substituents is 1. The summed E-state index contributed by atoms with van der Waals surface area (Å²) in [5, 5.41) is 12.8. The summed E-state index contributed by atoms with van der Waals surface area (Å²) in [6.45, 7) is 9.71. The van der Waals surface area contributed by atoms with Crippen LogP contribution in [-0.4, -0.2) is 23.9 Å². The van der Waals surface area contributed by atoms with Gasteiger partial charge >= 0.3 is 0 Å². The zero-order valence-corrected chi connectivity index (χ0v) is 11.2. The molecule has 1 aromatic carbocycles. The number of benzene rings is 1. The number of hydrogen-bond donors (Lipinski definition) is 2. The Morgan fingerprint density at radius 3 is 2.71 bits per heavy atom. The molecule has 2 N–H and O–H groups in total. The van der Waals surface area contributed by atoms with E-state index in [0.717, 1.165) is 18.7 Å². The van der Waals surface area contributed by atoms with Gasteiger partial charge in [0.15, 0.2) is 0 Å². The molecule has 3 heteroatoms. The van der Waals surface area contributed by atoms with Crippen LogP contribution < -0.4 is 5.32 Å². The highest BCUT2D eigenvalue weighted by molar-refractivity contribution is 5.29. The molecular formula is C14H23NO2. The molecule has 0 aromatic heterocycles. The lowest BCUT2D eigenvalue weighted by atomic mass is 10.1. The van der Waals surface area contributed by atoms with Crippen LogP contribution in [0.2, 0.25) is 0 Å². The van der Waals surface area contributed by atoms with Crippen molar-refractivity contribution in [3.8, 4) is 5.75 Å². The highest BCUT2D eigenvalue weighted by Crippen LogP contribution is 2.18. The average Bonchev–Trinajstić information content (AvgIpc) is 2.26. The predicted octanol–water partition coefficient (Wildman–Crippen LogP) is 2.86. The number of rotatable bonds is 6. The van der Waals surface area contributed by atoms with Crippen LogP contribution in [0.1, 0.15) is 39.3 Å². The normalized spacial score (nSPS) is 13.6. The number of ether oxygens (including phenoxy) is 1. The summed E-state index contributed by atoms with van der Waals surface area (Å²) < 4.78 is 5.63. The fourth-order valence-corrected chi connectivity index (χ4v) is 1.75. The third-order valence-corrected chi connectivity index (χ3v) is 2.74. The quantitative estimate of drug-likeness (QED) is 0.799. The molecule has 3 nitrogen and oxygen atoms in total. The topological polar surface area (TPSA) is 41.5 Å². The zero-order valence-electron chi connectivity index (χ0n) is 11.2. The van der Waals surface area contributed by atoms with E-state index in [1.165, 1.54) is 0 Å². The lowest BCUT2D eigenvalue weighted by Gasteiger charge is -2.27. The predicted molar refractivity (Wildman–Crippen MR) is 70.2 cm³/mol. The van der Waals surface area contributed by atoms with Crippen LogP contribution in [-0.2, 0) is 4.74 Å². The standard InChI is InChI=1S/C14H23NO2/c1-5-17-14(3,4)10-15-11(2)12-7-6-8-13(16)9-12/h6-9,11,15-16H,5,10H2,1-4H3. The van der Waals surface area contributed by atoms with Gasteiger partial charge in [0.05, 0.1) is 5.60 Å². The smallest absolute Gasteiger partial charge is 0.115 e. The molecule has 0 aliphatic rings. The van der Waals surface area contributed by atoms with E-state index in [-0.39, 0.29) is 11.6 Å². The number of phenols is 1. The van der Waals surface area contributed by atoms with Gasteiger partial charge in [0.1, 0.15) is 5.75 Å². The van der Waals surface area contributed by atoms with Gasteiger partial charge in [-0.25, -0.2) is 0 Å². The van der Waals surface area contributed by atoms with Gasteiger partial charge in [0, 0.05) is 19.2 Å². The minimum absolute atomic E-state index is 0.167. The second-order valence-electron chi connectivity index (χ2n) is 4.89. The maximum atomic E-state index is 9.42. The molecule has 0 radical (unpaired) electrons. The molecule has 96 valence electrons. The third kappa shape index (κ3) is 4.75. The second-order valence-corrected chi connectivity index (χ2v) is 4.89. The van der Waals surface area contributed by atoms with Gasteiger partial charge in [0.25, 0.3) is 0 Å². The molecule has 0 amide bonds. The summed E-state index contributed by atoms with van der Waals surface area (Å²) in [5.74, 6) is 0.306. The van der Waals surface area contributed by atoms with Gasteiger partial charge in [-0.05, 0) is 45.4 Å². The van der Waals surface area contributed by atoms with Crippen LogP contribution in [0.3, 0.4) is 0 Å². The molecule has 0 aliphatic heterocycles. The Kier molecular flexibility index (Phi) is 4.97. The Bertz CT molecular complexity index is 350. The third-order valence-electron chi connectivity index (χ3n) is 2.74. The molecule has 0 saturated heterocycles. The molecule has 1 rings (SSSR count). The van der Waals surface area contributed by atoms with Crippen LogP contribution >= 0.6 is 0 Å². The summed E-state index contributed by atoms with van der Waals surface area (Å²) in [4.78, 5) is 0. The first kappa shape index (κ1) is 14.0. The largest absolute Gasteiger partial charge is 0.508 e. The van der Waals surface area contributed by atoms with Crippen molar-refractivity contribution in [1.29, 1.82) is 0 Å². The van der Waals surface area contributed by atoms with Gasteiger partial charge in [-0.3, -0.25) is 0 Å². The first-order valence-electron chi connectivity index (χ1n) is 6.11. The first-order chi connectivity index (χ1) is 7.94. The van der Waals surface area contributed by atoms with Crippen molar-refractivity contribution in [2.45, 2.75) is 39.3 Å². The number of hydrogen-bond acceptors (Lipinski definition) is 3. The Morgan fingerprint density at radius 1 is 1.41 bits per heavy atom. The van der Waals surface area contributed by atoms with Crippen molar-refractivity contribution in [3.05, 3.63) is 29.8 Å². The van der Waals surface area contributed by atoms with Gasteiger partial charge in [-0.2, -0.15) is 0 Å². The molecule has 0 aliphatic carbocycles. The van der Waals surface area contributed by atoms with Crippen LogP contribution in [0.4, 0.5) is 0 Å². The Labute approximate surface area is 104 Å².